The number of hydrogen-bond acceptors (Lipinski definition) is 10. The summed E-state index contributed by atoms with van der Waals surface area (Å²) in [7, 11) is 1.49. The second-order valence-electron chi connectivity index (χ2n) is 16.8. The van der Waals surface area contributed by atoms with Gasteiger partial charge in [0.1, 0.15) is 18.5 Å². The van der Waals surface area contributed by atoms with Gasteiger partial charge in [0.05, 0.1) is 37.1 Å². The third kappa shape index (κ3) is 6.55. The van der Waals surface area contributed by atoms with Crippen molar-refractivity contribution in [3.63, 3.8) is 0 Å². The largest absolute Gasteiger partial charge is 0.392 e. The molecule has 5 fully saturated rings. The van der Waals surface area contributed by atoms with Gasteiger partial charge < -0.3 is 48.5 Å². The first-order valence-electron chi connectivity index (χ1n) is 19.8. The molecule has 0 aromatic heterocycles. The number of aliphatic hydroxyl groups excluding tert-OH is 1. The third-order valence-electron chi connectivity index (χ3n) is 14.5. The van der Waals surface area contributed by atoms with Crippen molar-refractivity contribution < 1.29 is 48.5 Å². The standard InChI is InChI=1S/C41H66O10/c1-8-46-24-39(43)27(4)50-36(40(44,25-47-9-2)35(39)45-7)51-30-18-20-37(5)29(22-30)16-17-32-31(37)19-21-38(6)34(28-14-12-11-13-15-28)33(42)23-41(32,38)49-26-48-10-3/h11-15,27,29-36,42-44H,8-10,16-26H2,1-7H3/t27-,29?,30?,31-,32-,33?,34?,35+,36+,37+,38-,39-,40-,41-/m1/s1. The van der Waals surface area contributed by atoms with Gasteiger partial charge in [-0.3, -0.25) is 0 Å². The van der Waals surface area contributed by atoms with Gasteiger partial charge in [-0.15, -0.1) is 0 Å². The van der Waals surface area contributed by atoms with E-state index in [1.807, 2.05) is 26.8 Å². The SMILES string of the molecule is CCOCO[C@@]12CC(O)C(c3ccccc3)[C@@]1(C)CC[C@@H]1[C@H]2CCC2CC(O[C@@H]3O[C@H](C)[C@](O)(COCC)[C@H](OC)[C@]3(O)COCC)CC[C@@]21C. The van der Waals surface area contributed by atoms with Crippen molar-refractivity contribution in [1.82, 2.24) is 0 Å². The van der Waals surface area contributed by atoms with Crippen molar-refractivity contribution in [2.75, 3.05) is 46.9 Å². The molecule has 1 aromatic carbocycles. The lowest BCUT2D eigenvalue weighted by Gasteiger charge is -2.65. The highest BCUT2D eigenvalue weighted by Crippen LogP contribution is 2.72. The Kier molecular flexibility index (Phi) is 12.0. The van der Waals surface area contributed by atoms with Crippen molar-refractivity contribution in [2.45, 2.75) is 146 Å². The molecule has 1 aromatic rings. The summed E-state index contributed by atoms with van der Waals surface area (Å²) in [5.41, 5.74) is -2.78. The van der Waals surface area contributed by atoms with Crippen LogP contribution < -0.4 is 0 Å². The number of hydrogen-bond donors (Lipinski definition) is 3. The highest BCUT2D eigenvalue weighted by atomic mass is 16.7. The maximum atomic E-state index is 12.2. The van der Waals surface area contributed by atoms with E-state index in [2.05, 4.69) is 38.1 Å². The van der Waals surface area contributed by atoms with Crippen molar-refractivity contribution >= 4 is 0 Å². The molecule has 51 heavy (non-hydrogen) atoms. The van der Waals surface area contributed by atoms with E-state index in [1.54, 1.807) is 6.92 Å². The molecule has 6 rings (SSSR count). The van der Waals surface area contributed by atoms with Crippen molar-refractivity contribution in [3.8, 4) is 0 Å². The first-order valence-corrected chi connectivity index (χ1v) is 19.8. The molecular weight excluding hydrogens is 652 g/mol. The summed E-state index contributed by atoms with van der Waals surface area (Å²) in [5.74, 6) is 1.19. The molecule has 10 heteroatoms. The van der Waals surface area contributed by atoms with Gasteiger partial charge in [0, 0.05) is 44.7 Å². The van der Waals surface area contributed by atoms with Gasteiger partial charge in [0.2, 0.25) is 0 Å². The van der Waals surface area contributed by atoms with Crippen molar-refractivity contribution in [2.24, 2.45) is 28.6 Å². The van der Waals surface area contributed by atoms with E-state index in [0.29, 0.717) is 44.0 Å². The van der Waals surface area contributed by atoms with Gasteiger partial charge >= 0.3 is 0 Å². The molecule has 4 saturated carbocycles. The summed E-state index contributed by atoms with van der Waals surface area (Å²) < 4.78 is 43.2. The fourth-order valence-corrected chi connectivity index (χ4v) is 11.9. The van der Waals surface area contributed by atoms with Crippen LogP contribution in [0, 0.1) is 28.6 Å². The highest BCUT2D eigenvalue weighted by molar-refractivity contribution is 5.32. The second-order valence-corrected chi connectivity index (χ2v) is 16.8. The number of methoxy groups -OCH3 is 1. The molecule has 5 aliphatic rings. The highest BCUT2D eigenvalue weighted by Gasteiger charge is 2.71. The maximum Gasteiger partial charge on any atom is 0.192 e. The Morgan fingerprint density at radius 2 is 1.53 bits per heavy atom. The van der Waals surface area contributed by atoms with Gasteiger partial charge in [-0.05, 0) is 101 Å². The van der Waals surface area contributed by atoms with E-state index in [-0.39, 0.29) is 42.9 Å². The summed E-state index contributed by atoms with van der Waals surface area (Å²) in [4.78, 5) is 0. The lowest BCUT2D eigenvalue weighted by atomic mass is 9.43. The number of aliphatic hydroxyl groups is 3. The Morgan fingerprint density at radius 3 is 2.20 bits per heavy atom. The first kappa shape index (κ1) is 39.5. The molecule has 10 nitrogen and oxygen atoms in total. The number of rotatable bonds is 14. The number of ether oxygens (including phenoxy) is 7. The fourth-order valence-electron chi connectivity index (χ4n) is 11.9. The average molecular weight is 719 g/mol. The minimum Gasteiger partial charge on any atom is -0.392 e. The van der Waals surface area contributed by atoms with Gasteiger partial charge in [0.25, 0.3) is 0 Å². The van der Waals surface area contributed by atoms with Gasteiger partial charge in [-0.25, -0.2) is 0 Å². The zero-order valence-corrected chi connectivity index (χ0v) is 32.2. The van der Waals surface area contributed by atoms with E-state index < -0.39 is 41.4 Å². The monoisotopic (exact) mass is 718 g/mol. The second kappa shape index (κ2) is 15.5. The molecule has 290 valence electrons. The molecule has 3 N–H and O–H groups in total. The topological polar surface area (TPSA) is 125 Å². The van der Waals surface area contributed by atoms with Gasteiger partial charge in [0.15, 0.2) is 11.9 Å². The fraction of sp³-hybridized carbons (Fsp3) is 0.854. The Morgan fingerprint density at radius 1 is 0.843 bits per heavy atom. The van der Waals surface area contributed by atoms with Crippen LogP contribution in [0.15, 0.2) is 30.3 Å². The molecule has 1 heterocycles. The van der Waals surface area contributed by atoms with E-state index in [4.69, 9.17) is 33.2 Å². The maximum absolute atomic E-state index is 12.2. The number of benzene rings is 1. The Balaban J connectivity index is 1.23. The van der Waals surface area contributed by atoms with Crippen LogP contribution in [-0.4, -0.2) is 110 Å². The number of fused-ring (bicyclic) bond motifs is 5. The van der Waals surface area contributed by atoms with Crippen LogP contribution in [0.5, 0.6) is 0 Å². The van der Waals surface area contributed by atoms with Crippen molar-refractivity contribution in [1.29, 1.82) is 0 Å². The molecule has 0 radical (unpaired) electrons. The van der Waals surface area contributed by atoms with E-state index >= 15 is 0 Å². The Labute approximate surface area is 305 Å². The lowest BCUT2D eigenvalue weighted by Crippen LogP contribution is -2.75. The van der Waals surface area contributed by atoms with E-state index in [9.17, 15) is 15.3 Å². The normalized spacial score (nSPS) is 46.7. The van der Waals surface area contributed by atoms with Crippen LogP contribution in [0.4, 0.5) is 0 Å². The zero-order chi connectivity index (χ0) is 36.7. The Hall–Kier alpha value is -1.18. The van der Waals surface area contributed by atoms with E-state index in [0.717, 1.165) is 44.9 Å². The van der Waals surface area contributed by atoms with Gasteiger partial charge in [-0.1, -0.05) is 44.2 Å². The molecule has 1 saturated heterocycles. The lowest BCUT2D eigenvalue weighted by molar-refractivity contribution is -0.386. The minimum atomic E-state index is -1.75. The van der Waals surface area contributed by atoms with Crippen LogP contribution >= 0.6 is 0 Å². The molecule has 4 aliphatic carbocycles. The minimum absolute atomic E-state index is 0.00591. The van der Waals surface area contributed by atoms with Crippen LogP contribution in [-0.2, 0) is 33.2 Å². The Bertz CT molecular complexity index is 1280. The third-order valence-corrected chi connectivity index (χ3v) is 14.5. The summed E-state index contributed by atoms with van der Waals surface area (Å²) in [6.07, 6.45) is 4.02. The summed E-state index contributed by atoms with van der Waals surface area (Å²) >= 11 is 0. The van der Waals surface area contributed by atoms with Crippen LogP contribution in [0.2, 0.25) is 0 Å². The summed E-state index contributed by atoms with van der Waals surface area (Å²) in [6.45, 7) is 13.8. The first-order chi connectivity index (χ1) is 24.4. The van der Waals surface area contributed by atoms with Gasteiger partial charge in [-0.2, -0.15) is 0 Å². The molecule has 1 aliphatic heterocycles. The molecule has 14 atom stereocenters. The predicted octanol–water partition coefficient (Wildman–Crippen LogP) is 5.60. The molecule has 0 spiro atoms. The van der Waals surface area contributed by atoms with E-state index in [1.165, 1.54) is 12.7 Å². The quantitative estimate of drug-likeness (QED) is 0.127. The summed E-state index contributed by atoms with van der Waals surface area (Å²) in [5, 5.41) is 35.9. The zero-order valence-electron chi connectivity index (χ0n) is 32.2. The molecule has 0 bridgehead atoms. The van der Waals surface area contributed by atoms with Crippen LogP contribution in [0.25, 0.3) is 0 Å². The predicted molar refractivity (Wildman–Crippen MR) is 192 cm³/mol. The smallest absolute Gasteiger partial charge is 0.192 e. The average Bonchev–Trinajstić information content (AvgIpc) is 3.35. The van der Waals surface area contributed by atoms with Crippen LogP contribution in [0.1, 0.15) is 104 Å². The van der Waals surface area contributed by atoms with Crippen LogP contribution in [0.3, 0.4) is 0 Å². The molecule has 0 amide bonds. The summed E-state index contributed by atoms with van der Waals surface area (Å²) in [6, 6.07) is 10.5. The van der Waals surface area contributed by atoms with Crippen molar-refractivity contribution in [3.05, 3.63) is 35.9 Å². The molecule has 4 unspecified atom stereocenters. The molecular formula is C41H66O10.